The average Bonchev–Trinajstić information content (AvgIpc) is 2.93. The molecule has 7 nitrogen and oxygen atoms in total. The number of aromatic nitrogens is 3. The van der Waals surface area contributed by atoms with E-state index in [9.17, 15) is 9.90 Å². The number of aromatic hydroxyl groups is 1. The minimum Gasteiger partial charge on any atom is -0.508 e. The number of benzene rings is 1. The zero-order valence-electron chi connectivity index (χ0n) is 12.3. The van der Waals surface area contributed by atoms with Crippen LogP contribution in [0.5, 0.6) is 5.75 Å². The van der Waals surface area contributed by atoms with Gasteiger partial charge in [-0.2, -0.15) is 10.1 Å². The summed E-state index contributed by atoms with van der Waals surface area (Å²) in [5.41, 5.74) is 1.84. The summed E-state index contributed by atoms with van der Waals surface area (Å²) in [6.45, 7) is 3.83. The van der Waals surface area contributed by atoms with Gasteiger partial charge >= 0.3 is 5.97 Å². The Kier molecular flexibility index (Phi) is 3.54. The number of hydrogen-bond donors (Lipinski definition) is 2. The minimum absolute atomic E-state index is 0.124. The van der Waals surface area contributed by atoms with Gasteiger partial charge in [0.05, 0.1) is 12.2 Å². The van der Waals surface area contributed by atoms with E-state index in [1.165, 1.54) is 6.33 Å². The molecule has 0 radical (unpaired) electrons. The third-order valence-corrected chi connectivity index (χ3v) is 3.48. The van der Waals surface area contributed by atoms with Crippen LogP contribution in [-0.4, -0.2) is 32.4 Å². The SMILES string of the molecule is CCOC(=O)C1=C(C)Nc2ncnn2[C@@H]1c1cccc(O)c1. The number of esters is 1. The molecule has 22 heavy (non-hydrogen) atoms. The molecule has 1 aromatic carbocycles. The summed E-state index contributed by atoms with van der Waals surface area (Å²) in [6, 6.07) is 6.24. The number of carbonyl (C=O) groups excluding carboxylic acids is 1. The summed E-state index contributed by atoms with van der Waals surface area (Å²) in [6.07, 6.45) is 1.42. The lowest BCUT2D eigenvalue weighted by Gasteiger charge is -2.28. The van der Waals surface area contributed by atoms with E-state index >= 15 is 0 Å². The molecule has 0 fully saturated rings. The van der Waals surface area contributed by atoms with Crippen LogP contribution in [0.4, 0.5) is 5.95 Å². The molecule has 1 atom stereocenters. The topological polar surface area (TPSA) is 89.3 Å². The smallest absolute Gasteiger partial charge is 0.338 e. The number of ether oxygens (including phenoxy) is 1. The molecule has 0 saturated carbocycles. The lowest BCUT2D eigenvalue weighted by molar-refractivity contribution is -0.139. The molecule has 0 aliphatic carbocycles. The maximum atomic E-state index is 12.4. The number of phenolic OH excluding ortho intramolecular Hbond substituents is 1. The maximum absolute atomic E-state index is 12.4. The lowest BCUT2D eigenvalue weighted by atomic mass is 9.95. The predicted molar refractivity (Wildman–Crippen MR) is 79.2 cm³/mol. The summed E-state index contributed by atoms with van der Waals surface area (Å²) < 4.78 is 6.77. The Morgan fingerprint density at radius 2 is 2.32 bits per heavy atom. The fourth-order valence-corrected chi connectivity index (χ4v) is 2.57. The van der Waals surface area contributed by atoms with Crippen molar-refractivity contribution >= 4 is 11.9 Å². The van der Waals surface area contributed by atoms with Crippen molar-refractivity contribution in [1.82, 2.24) is 14.8 Å². The van der Waals surface area contributed by atoms with Gasteiger partial charge < -0.3 is 15.2 Å². The standard InChI is InChI=1S/C15H16N4O3/c1-3-22-14(21)12-9(2)18-15-16-8-17-19(15)13(12)10-5-4-6-11(20)7-10/h4-8,13,20H,3H2,1-2H3,(H,16,17,18)/t13-/m1/s1. The molecule has 0 spiro atoms. The second-order valence-electron chi connectivity index (χ2n) is 4.91. The third kappa shape index (κ3) is 2.30. The Labute approximate surface area is 127 Å². The van der Waals surface area contributed by atoms with Crippen molar-refractivity contribution < 1.29 is 14.6 Å². The molecule has 2 aromatic rings. The number of carbonyl (C=O) groups is 1. The van der Waals surface area contributed by atoms with Crippen molar-refractivity contribution in [3.05, 3.63) is 47.4 Å². The molecular formula is C15H16N4O3. The molecule has 0 amide bonds. The normalized spacial score (nSPS) is 16.9. The van der Waals surface area contributed by atoms with Crippen LogP contribution in [0.3, 0.4) is 0 Å². The van der Waals surface area contributed by atoms with Gasteiger partial charge in [-0.25, -0.2) is 9.48 Å². The van der Waals surface area contributed by atoms with Gasteiger partial charge in [-0.15, -0.1) is 0 Å². The minimum atomic E-state index is -0.495. The Balaban J connectivity index is 2.15. The molecule has 1 aliphatic rings. The molecule has 0 saturated heterocycles. The first-order valence-corrected chi connectivity index (χ1v) is 6.95. The van der Waals surface area contributed by atoms with Crippen molar-refractivity contribution in [1.29, 1.82) is 0 Å². The van der Waals surface area contributed by atoms with E-state index < -0.39 is 12.0 Å². The second-order valence-corrected chi connectivity index (χ2v) is 4.91. The predicted octanol–water partition coefficient (Wildman–Crippen LogP) is 1.84. The van der Waals surface area contributed by atoms with Crippen LogP contribution in [0.15, 0.2) is 41.9 Å². The van der Waals surface area contributed by atoms with E-state index in [0.717, 1.165) is 5.56 Å². The monoisotopic (exact) mass is 300 g/mol. The highest BCUT2D eigenvalue weighted by molar-refractivity contribution is 5.92. The average molecular weight is 300 g/mol. The van der Waals surface area contributed by atoms with E-state index in [0.29, 0.717) is 17.2 Å². The Morgan fingerprint density at radius 3 is 3.05 bits per heavy atom. The number of anilines is 1. The molecule has 7 heteroatoms. The van der Waals surface area contributed by atoms with Gasteiger partial charge in [0, 0.05) is 5.70 Å². The summed E-state index contributed by atoms with van der Waals surface area (Å²) in [5, 5.41) is 17.0. The number of fused-ring (bicyclic) bond motifs is 1. The first kappa shape index (κ1) is 14.1. The fraction of sp³-hybridized carbons (Fsp3) is 0.267. The second kappa shape index (κ2) is 5.51. The van der Waals surface area contributed by atoms with Crippen molar-refractivity contribution in [3.63, 3.8) is 0 Å². The van der Waals surface area contributed by atoms with Gasteiger partial charge in [-0.3, -0.25) is 0 Å². The number of rotatable bonds is 3. The zero-order chi connectivity index (χ0) is 15.7. The molecule has 0 bridgehead atoms. The van der Waals surface area contributed by atoms with Gasteiger partial charge in [-0.1, -0.05) is 12.1 Å². The van der Waals surface area contributed by atoms with Crippen molar-refractivity contribution in [3.8, 4) is 5.75 Å². The highest BCUT2D eigenvalue weighted by atomic mass is 16.5. The third-order valence-electron chi connectivity index (χ3n) is 3.48. The molecule has 1 aromatic heterocycles. The van der Waals surface area contributed by atoms with Gasteiger partial charge in [0.15, 0.2) is 0 Å². The molecule has 2 N–H and O–H groups in total. The number of nitrogens with zero attached hydrogens (tertiary/aromatic N) is 3. The van der Waals surface area contributed by atoms with Crippen molar-refractivity contribution in [2.24, 2.45) is 0 Å². The highest BCUT2D eigenvalue weighted by Gasteiger charge is 2.34. The van der Waals surface area contributed by atoms with Crippen LogP contribution in [0.1, 0.15) is 25.5 Å². The highest BCUT2D eigenvalue weighted by Crippen LogP contribution is 2.35. The molecular weight excluding hydrogens is 284 g/mol. The van der Waals surface area contributed by atoms with E-state index in [2.05, 4.69) is 15.4 Å². The van der Waals surface area contributed by atoms with E-state index in [1.807, 2.05) is 6.07 Å². The zero-order valence-corrected chi connectivity index (χ0v) is 12.3. The van der Waals surface area contributed by atoms with Gasteiger partial charge in [0.1, 0.15) is 18.1 Å². The van der Waals surface area contributed by atoms with E-state index in [4.69, 9.17) is 4.74 Å². The van der Waals surface area contributed by atoms with Crippen LogP contribution in [-0.2, 0) is 9.53 Å². The molecule has 3 rings (SSSR count). The summed E-state index contributed by atoms with van der Waals surface area (Å²) in [4.78, 5) is 16.5. The van der Waals surface area contributed by atoms with Crippen LogP contribution < -0.4 is 5.32 Å². The van der Waals surface area contributed by atoms with Crippen LogP contribution in [0.2, 0.25) is 0 Å². The summed E-state index contributed by atoms with van der Waals surface area (Å²) in [7, 11) is 0. The summed E-state index contributed by atoms with van der Waals surface area (Å²) in [5.74, 6) is 0.249. The quantitative estimate of drug-likeness (QED) is 0.841. The number of phenols is 1. The summed E-state index contributed by atoms with van der Waals surface area (Å²) >= 11 is 0. The number of allylic oxidation sites excluding steroid dienone is 1. The Hall–Kier alpha value is -2.83. The first-order chi connectivity index (χ1) is 10.6. The fourth-order valence-electron chi connectivity index (χ4n) is 2.57. The van der Waals surface area contributed by atoms with Gasteiger partial charge in [0.2, 0.25) is 5.95 Å². The maximum Gasteiger partial charge on any atom is 0.338 e. The van der Waals surface area contributed by atoms with Crippen molar-refractivity contribution in [2.75, 3.05) is 11.9 Å². The Morgan fingerprint density at radius 1 is 1.50 bits per heavy atom. The van der Waals surface area contributed by atoms with Crippen molar-refractivity contribution in [2.45, 2.75) is 19.9 Å². The van der Waals surface area contributed by atoms with Crippen LogP contribution >= 0.6 is 0 Å². The lowest BCUT2D eigenvalue weighted by Crippen LogP contribution is -2.29. The largest absolute Gasteiger partial charge is 0.508 e. The van der Waals surface area contributed by atoms with Crippen LogP contribution in [0.25, 0.3) is 0 Å². The van der Waals surface area contributed by atoms with Gasteiger partial charge in [-0.05, 0) is 31.5 Å². The molecule has 2 heterocycles. The van der Waals surface area contributed by atoms with Gasteiger partial charge in [0.25, 0.3) is 0 Å². The molecule has 114 valence electrons. The van der Waals surface area contributed by atoms with E-state index in [-0.39, 0.29) is 12.4 Å². The molecule has 1 aliphatic heterocycles. The first-order valence-electron chi connectivity index (χ1n) is 6.95. The van der Waals surface area contributed by atoms with E-state index in [1.54, 1.807) is 36.7 Å². The van der Waals surface area contributed by atoms with Crippen LogP contribution in [0, 0.1) is 0 Å². The number of nitrogens with one attached hydrogen (secondary N) is 1. The molecule has 0 unspecified atom stereocenters. The Bertz CT molecular complexity index is 751. The number of hydrogen-bond acceptors (Lipinski definition) is 6.